The second-order valence-corrected chi connectivity index (χ2v) is 13.3. The van der Waals surface area contributed by atoms with Crippen molar-refractivity contribution in [3.05, 3.63) is 92.7 Å². The number of hydrogen-bond donors (Lipinski definition) is 3. The zero-order valence-electron chi connectivity index (χ0n) is 27.2. The number of aromatic nitrogens is 3. The molecular weight excluding hydrogens is 580 g/mol. The fourth-order valence-corrected chi connectivity index (χ4v) is 7.72. The second kappa shape index (κ2) is 11.9. The number of likely N-dealkylation sites (tertiary alicyclic amines) is 1. The lowest BCUT2D eigenvalue weighted by Crippen LogP contribution is -2.44. The van der Waals surface area contributed by atoms with Gasteiger partial charge in [0.1, 0.15) is 11.9 Å². The zero-order valence-corrected chi connectivity index (χ0v) is 27.2. The Morgan fingerprint density at radius 1 is 1.09 bits per heavy atom. The molecule has 3 aromatic rings. The summed E-state index contributed by atoms with van der Waals surface area (Å²) in [5.41, 5.74) is 5.22. The first-order valence-electron chi connectivity index (χ1n) is 15.9. The van der Waals surface area contributed by atoms with Crippen molar-refractivity contribution in [1.82, 2.24) is 35.2 Å². The molecule has 11 nitrogen and oxygen atoms in total. The molecule has 0 spiro atoms. The van der Waals surface area contributed by atoms with Crippen molar-refractivity contribution in [2.45, 2.75) is 50.1 Å². The molecule has 1 saturated heterocycles. The van der Waals surface area contributed by atoms with E-state index in [1.807, 2.05) is 37.2 Å². The normalized spacial score (nSPS) is 24.2. The summed E-state index contributed by atoms with van der Waals surface area (Å²) in [6.07, 6.45) is 2.62. The number of nitriles is 1. The molecule has 0 bridgehead atoms. The van der Waals surface area contributed by atoms with E-state index in [-0.39, 0.29) is 30.4 Å². The fourth-order valence-electron chi connectivity index (χ4n) is 7.72. The molecule has 240 valence electrons. The molecule has 2 aliphatic carbocycles. The maximum Gasteiger partial charge on any atom is 0.340 e. The van der Waals surface area contributed by atoms with Gasteiger partial charge < -0.3 is 20.0 Å². The van der Waals surface area contributed by atoms with Crippen LogP contribution in [-0.4, -0.2) is 95.1 Å². The van der Waals surface area contributed by atoms with E-state index in [0.717, 1.165) is 39.9 Å². The zero-order chi connectivity index (χ0) is 32.9. The number of rotatable bonds is 9. The van der Waals surface area contributed by atoms with Gasteiger partial charge in [-0.3, -0.25) is 14.6 Å². The van der Waals surface area contributed by atoms with Crippen LogP contribution >= 0.6 is 0 Å². The lowest BCUT2D eigenvalue weighted by molar-refractivity contribution is -0.131. The molecule has 6 rings (SSSR count). The van der Waals surface area contributed by atoms with Gasteiger partial charge in [0.15, 0.2) is 0 Å². The Hall–Kier alpha value is -4.69. The highest BCUT2D eigenvalue weighted by molar-refractivity contribution is 5.94. The first-order valence-corrected chi connectivity index (χ1v) is 15.9. The Bertz CT molecular complexity index is 1730. The molecule has 3 N–H and O–H groups in total. The third kappa shape index (κ3) is 5.20. The maximum atomic E-state index is 13.4. The summed E-state index contributed by atoms with van der Waals surface area (Å²) in [4.78, 5) is 47.2. The van der Waals surface area contributed by atoms with Gasteiger partial charge in [0.25, 0.3) is 5.91 Å². The van der Waals surface area contributed by atoms with Crippen LogP contribution in [0.15, 0.2) is 47.8 Å². The van der Waals surface area contributed by atoms with E-state index in [4.69, 9.17) is 0 Å². The first-order chi connectivity index (χ1) is 22.0. The summed E-state index contributed by atoms with van der Waals surface area (Å²) < 4.78 is 0. The van der Waals surface area contributed by atoms with Gasteiger partial charge in [-0.1, -0.05) is 31.7 Å². The minimum atomic E-state index is -0.896. The number of aromatic amines is 2. The maximum absolute atomic E-state index is 13.4. The number of nitrogens with one attached hydrogen (secondary N) is 3. The molecular formula is C35H42N8O3. The molecule has 1 aliphatic heterocycles. The van der Waals surface area contributed by atoms with Crippen LogP contribution in [0, 0.1) is 23.2 Å². The molecule has 0 radical (unpaired) electrons. The van der Waals surface area contributed by atoms with Gasteiger partial charge in [-0.25, -0.2) is 9.89 Å². The van der Waals surface area contributed by atoms with Crippen LogP contribution in [0.1, 0.15) is 63.8 Å². The SMILES string of the molecule is C=C(c1ccc2c(c1)CCc1cc(C(=O)N(C)C)ccc1C2(CCNCC(=O)N1C(C#N)C[C@@H]2[C@H](C)[C@@H]21)c1n[nH]c(=O)[nH]1)N(C)C. The van der Waals surface area contributed by atoms with E-state index >= 15 is 0 Å². The van der Waals surface area contributed by atoms with Crippen molar-refractivity contribution in [1.29, 1.82) is 5.26 Å². The first kappa shape index (κ1) is 31.3. The number of benzene rings is 2. The number of fused-ring (bicyclic) bond motifs is 3. The van der Waals surface area contributed by atoms with E-state index in [0.29, 0.717) is 49.0 Å². The van der Waals surface area contributed by atoms with Gasteiger partial charge in [0, 0.05) is 45.5 Å². The monoisotopic (exact) mass is 622 g/mol. The molecule has 2 amide bonds. The highest BCUT2D eigenvalue weighted by Crippen LogP contribution is 2.53. The van der Waals surface area contributed by atoms with Crippen molar-refractivity contribution in [3.8, 4) is 6.07 Å². The molecule has 2 unspecified atom stereocenters. The largest absolute Gasteiger partial charge is 0.378 e. The standard InChI is InChI=1S/C35H42N8O3/c1-20-27-17-26(18-36)43(31(20)27)30(44)19-37-14-13-35(33-38-34(46)40-39-33)28-11-9-22(21(2)41(3)4)15-23(28)7-8-24-16-25(10-12-29(24)35)32(45)42(5)6/h9-12,15-16,20,26-27,31,37H,2,7-8,13-14,17,19H2,1,3-6H3,(H2,38,39,40,46)/t20-,26?,27+,31-,35?/m0/s1. The third-order valence-electron chi connectivity index (χ3n) is 10.3. The van der Waals surface area contributed by atoms with Crippen LogP contribution in [0.5, 0.6) is 0 Å². The number of aryl methyl sites for hydroxylation is 2. The van der Waals surface area contributed by atoms with Crippen molar-refractivity contribution >= 4 is 17.5 Å². The molecule has 3 aliphatic rings. The van der Waals surface area contributed by atoms with Crippen LogP contribution in [0.25, 0.3) is 5.70 Å². The lowest BCUT2D eigenvalue weighted by atomic mass is 9.69. The van der Waals surface area contributed by atoms with Crippen LogP contribution in [0.4, 0.5) is 0 Å². The van der Waals surface area contributed by atoms with Crippen LogP contribution in [-0.2, 0) is 23.1 Å². The second-order valence-electron chi connectivity index (χ2n) is 13.3. The minimum absolute atomic E-state index is 0.0639. The number of H-pyrrole nitrogens is 2. The van der Waals surface area contributed by atoms with Gasteiger partial charge in [-0.2, -0.15) is 10.4 Å². The summed E-state index contributed by atoms with van der Waals surface area (Å²) in [7, 11) is 7.40. The summed E-state index contributed by atoms with van der Waals surface area (Å²) in [5.74, 6) is 1.18. The molecule has 1 saturated carbocycles. The third-order valence-corrected chi connectivity index (χ3v) is 10.3. The van der Waals surface area contributed by atoms with Crippen LogP contribution in [0.2, 0.25) is 0 Å². The van der Waals surface area contributed by atoms with Crippen LogP contribution < -0.4 is 11.0 Å². The minimum Gasteiger partial charge on any atom is -0.378 e. The van der Waals surface area contributed by atoms with Gasteiger partial charge in [0.2, 0.25) is 5.91 Å². The number of amides is 2. The number of hydrogen-bond acceptors (Lipinski definition) is 7. The van der Waals surface area contributed by atoms with E-state index in [1.54, 1.807) is 23.9 Å². The molecule has 2 aromatic carbocycles. The van der Waals surface area contributed by atoms with Gasteiger partial charge in [-0.05, 0) is 90.1 Å². The Kier molecular flexibility index (Phi) is 8.11. The average molecular weight is 623 g/mol. The molecule has 2 fully saturated rings. The van der Waals surface area contributed by atoms with Gasteiger partial charge in [0.05, 0.1) is 18.0 Å². The van der Waals surface area contributed by atoms with E-state index in [1.165, 1.54) is 0 Å². The quantitative estimate of drug-likeness (QED) is 0.312. The summed E-state index contributed by atoms with van der Waals surface area (Å²) in [5, 5.41) is 20.1. The predicted molar refractivity (Wildman–Crippen MR) is 175 cm³/mol. The summed E-state index contributed by atoms with van der Waals surface area (Å²) >= 11 is 0. The number of piperidine rings is 1. The van der Waals surface area contributed by atoms with Crippen LogP contribution in [0.3, 0.4) is 0 Å². The van der Waals surface area contributed by atoms with E-state index < -0.39 is 11.1 Å². The highest BCUT2D eigenvalue weighted by Gasteiger charge is 2.60. The number of nitrogens with zero attached hydrogens (tertiary/aromatic N) is 5. The number of carbonyl (C=O) groups is 2. The highest BCUT2D eigenvalue weighted by atomic mass is 16.2. The van der Waals surface area contributed by atoms with Crippen molar-refractivity contribution < 1.29 is 9.59 Å². The molecule has 46 heavy (non-hydrogen) atoms. The Morgan fingerprint density at radius 3 is 2.33 bits per heavy atom. The lowest BCUT2D eigenvalue weighted by Gasteiger charge is -2.35. The Labute approximate surface area is 269 Å². The van der Waals surface area contributed by atoms with E-state index in [9.17, 15) is 19.6 Å². The Morgan fingerprint density at radius 2 is 1.74 bits per heavy atom. The number of carbonyl (C=O) groups excluding carboxylic acids is 2. The predicted octanol–water partition coefficient (Wildman–Crippen LogP) is 2.50. The fraction of sp³-hybridized carbons (Fsp3) is 0.457. The van der Waals surface area contributed by atoms with Crippen molar-refractivity contribution in [2.24, 2.45) is 11.8 Å². The topological polar surface area (TPSA) is 141 Å². The molecule has 5 atom stereocenters. The van der Waals surface area contributed by atoms with Crippen molar-refractivity contribution in [3.63, 3.8) is 0 Å². The molecule has 2 heterocycles. The van der Waals surface area contributed by atoms with E-state index in [2.05, 4.69) is 58.3 Å². The molecule has 1 aromatic heterocycles. The summed E-state index contributed by atoms with van der Waals surface area (Å²) in [6.45, 7) is 6.95. The van der Waals surface area contributed by atoms with Gasteiger partial charge in [-0.15, -0.1) is 0 Å². The average Bonchev–Trinajstić information content (AvgIpc) is 3.32. The smallest absolute Gasteiger partial charge is 0.340 e. The Balaban J connectivity index is 1.40. The molecule has 11 heteroatoms. The van der Waals surface area contributed by atoms with Crippen molar-refractivity contribution in [2.75, 3.05) is 41.3 Å². The van der Waals surface area contributed by atoms with Gasteiger partial charge >= 0.3 is 5.69 Å². The summed E-state index contributed by atoms with van der Waals surface area (Å²) in [6, 6.07) is 14.2.